The molecule has 0 bridgehead atoms. The summed E-state index contributed by atoms with van der Waals surface area (Å²) < 4.78 is 7.37. The van der Waals surface area contributed by atoms with Gasteiger partial charge >= 0.3 is 0 Å². The van der Waals surface area contributed by atoms with Gasteiger partial charge in [-0.2, -0.15) is 5.10 Å². The molecule has 1 aliphatic rings. The van der Waals surface area contributed by atoms with E-state index in [4.69, 9.17) is 9.40 Å². The topological polar surface area (TPSA) is 76.2 Å². The molecule has 0 radical (unpaired) electrons. The Kier molecular flexibility index (Phi) is 4.24. The molecule has 26 heavy (non-hydrogen) atoms. The number of hydrogen-bond donors (Lipinski definition) is 1. The molecule has 1 aliphatic heterocycles. The van der Waals surface area contributed by atoms with E-state index in [9.17, 15) is 4.79 Å². The molecule has 1 amide bonds. The Morgan fingerprint density at radius 3 is 2.96 bits per heavy atom. The van der Waals surface area contributed by atoms with Crippen LogP contribution in [0.5, 0.6) is 0 Å². The van der Waals surface area contributed by atoms with Crippen LogP contribution in [-0.2, 0) is 0 Å². The average molecular weight is 353 g/mol. The van der Waals surface area contributed by atoms with E-state index in [1.165, 1.54) is 0 Å². The fourth-order valence-electron chi connectivity index (χ4n) is 3.42. The number of rotatable bonds is 3. The molecular weight excluding hydrogens is 330 g/mol. The zero-order chi connectivity index (χ0) is 18.3. The Morgan fingerprint density at radius 2 is 2.27 bits per heavy atom. The van der Waals surface area contributed by atoms with Crippen LogP contribution in [0.15, 0.2) is 35.1 Å². The van der Waals surface area contributed by atoms with Crippen molar-refractivity contribution in [3.63, 3.8) is 0 Å². The van der Waals surface area contributed by atoms with Crippen LogP contribution in [-0.4, -0.2) is 51.2 Å². The minimum Gasteiger partial charge on any atom is -0.463 e. The van der Waals surface area contributed by atoms with Crippen LogP contribution in [0.2, 0.25) is 0 Å². The first-order valence-electron chi connectivity index (χ1n) is 9.00. The molecule has 7 nitrogen and oxygen atoms in total. The predicted octanol–water partition coefficient (Wildman–Crippen LogP) is 2.71. The Labute approximate surface area is 152 Å². The molecule has 1 unspecified atom stereocenters. The summed E-state index contributed by atoms with van der Waals surface area (Å²) in [5.74, 6) is 0.660. The third-order valence-electron chi connectivity index (χ3n) is 4.82. The number of furan rings is 1. The highest BCUT2D eigenvalue weighted by Crippen LogP contribution is 2.28. The molecule has 4 heterocycles. The normalized spacial score (nSPS) is 18.0. The average Bonchev–Trinajstić information content (AvgIpc) is 3.30. The SMILES string of the molecule is CC1CNCCN1C(=O)c1cc(-c2ccco2)nc2c1cnn2C(C)C. The lowest BCUT2D eigenvalue weighted by Crippen LogP contribution is -2.52. The second-order valence-corrected chi connectivity index (χ2v) is 7.00. The summed E-state index contributed by atoms with van der Waals surface area (Å²) in [7, 11) is 0. The van der Waals surface area contributed by atoms with Crippen LogP contribution < -0.4 is 5.32 Å². The number of pyridine rings is 1. The number of carbonyl (C=O) groups excluding carboxylic acids is 1. The number of nitrogens with one attached hydrogen (secondary N) is 1. The maximum Gasteiger partial charge on any atom is 0.255 e. The number of amides is 1. The minimum absolute atomic E-state index is 0.0162. The van der Waals surface area contributed by atoms with E-state index in [1.807, 2.05) is 41.6 Å². The van der Waals surface area contributed by atoms with Crippen LogP contribution in [0.1, 0.15) is 37.2 Å². The van der Waals surface area contributed by atoms with Gasteiger partial charge in [0.25, 0.3) is 5.91 Å². The van der Waals surface area contributed by atoms with E-state index in [0.717, 1.165) is 18.5 Å². The van der Waals surface area contributed by atoms with Gasteiger partial charge < -0.3 is 14.6 Å². The molecule has 3 aromatic rings. The van der Waals surface area contributed by atoms with E-state index in [-0.39, 0.29) is 18.0 Å². The number of nitrogens with zero attached hydrogens (tertiary/aromatic N) is 4. The van der Waals surface area contributed by atoms with Crippen LogP contribution in [0.4, 0.5) is 0 Å². The van der Waals surface area contributed by atoms with Crippen LogP contribution in [0.3, 0.4) is 0 Å². The summed E-state index contributed by atoms with van der Waals surface area (Å²) in [5.41, 5.74) is 1.98. The third-order valence-corrected chi connectivity index (χ3v) is 4.82. The number of carbonyl (C=O) groups is 1. The van der Waals surface area contributed by atoms with Gasteiger partial charge in [-0.05, 0) is 39.0 Å². The van der Waals surface area contributed by atoms with Gasteiger partial charge in [0.05, 0.1) is 23.4 Å². The van der Waals surface area contributed by atoms with Crippen LogP contribution >= 0.6 is 0 Å². The molecule has 4 rings (SSSR count). The van der Waals surface area contributed by atoms with Crippen LogP contribution in [0.25, 0.3) is 22.5 Å². The summed E-state index contributed by atoms with van der Waals surface area (Å²) in [6.07, 6.45) is 3.36. The molecule has 1 fully saturated rings. The zero-order valence-corrected chi connectivity index (χ0v) is 15.3. The number of hydrogen-bond acceptors (Lipinski definition) is 5. The van der Waals surface area contributed by atoms with Crippen molar-refractivity contribution < 1.29 is 9.21 Å². The van der Waals surface area contributed by atoms with Crippen molar-refractivity contribution in [3.05, 3.63) is 36.2 Å². The first kappa shape index (κ1) is 16.8. The van der Waals surface area contributed by atoms with Crippen molar-refractivity contribution in [1.82, 2.24) is 25.0 Å². The Balaban J connectivity index is 1.88. The molecule has 1 N–H and O–H groups in total. The number of fused-ring (bicyclic) bond motifs is 1. The molecule has 0 aromatic carbocycles. The van der Waals surface area contributed by atoms with E-state index < -0.39 is 0 Å². The van der Waals surface area contributed by atoms with Crippen molar-refractivity contribution in [1.29, 1.82) is 0 Å². The first-order chi connectivity index (χ1) is 12.6. The number of piperazine rings is 1. The lowest BCUT2D eigenvalue weighted by molar-refractivity contribution is 0.0658. The third kappa shape index (κ3) is 2.78. The van der Waals surface area contributed by atoms with Crippen molar-refractivity contribution in [2.24, 2.45) is 0 Å². The van der Waals surface area contributed by atoms with Gasteiger partial charge in [0, 0.05) is 31.7 Å². The predicted molar refractivity (Wildman–Crippen MR) is 99.0 cm³/mol. The van der Waals surface area contributed by atoms with Crippen LogP contribution in [0, 0.1) is 0 Å². The summed E-state index contributed by atoms with van der Waals surface area (Å²) in [4.78, 5) is 20.0. The number of aromatic nitrogens is 3. The van der Waals surface area contributed by atoms with Crippen molar-refractivity contribution in [2.75, 3.05) is 19.6 Å². The highest BCUT2D eigenvalue weighted by atomic mass is 16.3. The molecule has 1 atom stereocenters. The zero-order valence-electron chi connectivity index (χ0n) is 15.3. The van der Waals surface area contributed by atoms with Crippen molar-refractivity contribution >= 4 is 16.9 Å². The van der Waals surface area contributed by atoms with Gasteiger partial charge in [-0.1, -0.05) is 0 Å². The van der Waals surface area contributed by atoms with Gasteiger partial charge in [0.15, 0.2) is 11.4 Å². The molecule has 0 aliphatic carbocycles. The van der Waals surface area contributed by atoms with E-state index in [2.05, 4.69) is 17.3 Å². The fourth-order valence-corrected chi connectivity index (χ4v) is 3.42. The lowest BCUT2D eigenvalue weighted by atomic mass is 10.1. The minimum atomic E-state index is 0.0162. The first-order valence-corrected chi connectivity index (χ1v) is 9.00. The maximum absolute atomic E-state index is 13.3. The van der Waals surface area contributed by atoms with E-state index in [1.54, 1.807) is 12.5 Å². The van der Waals surface area contributed by atoms with E-state index >= 15 is 0 Å². The summed E-state index contributed by atoms with van der Waals surface area (Å²) in [6, 6.07) is 5.79. The van der Waals surface area contributed by atoms with Gasteiger partial charge in [-0.15, -0.1) is 0 Å². The van der Waals surface area contributed by atoms with E-state index in [0.29, 0.717) is 29.2 Å². The summed E-state index contributed by atoms with van der Waals surface area (Å²) in [6.45, 7) is 8.46. The van der Waals surface area contributed by atoms with Crippen molar-refractivity contribution in [3.8, 4) is 11.5 Å². The highest BCUT2D eigenvalue weighted by molar-refractivity contribution is 6.06. The molecule has 3 aromatic heterocycles. The highest BCUT2D eigenvalue weighted by Gasteiger charge is 2.27. The molecule has 1 saturated heterocycles. The maximum atomic E-state index is 13.3. The quantitative estimate of drug-likeness (QED) is 0.783. The largest absolute Gasteiger partial charge is 0.463 e. The standard InChI is InChI=1S/C19H23N5O2/c1-12(2)24-18-15(11-21-24)14(9-16(22-18)17-5-4-8-26-17)19(25)23-7-6-20-10-13(23)3/h4-5,8-9,11-13,20H,6-7,10H2,1-3H3. The van der Waals surface area contributed by atoms with Gasteiger partial charge in [0.2, 0.25) is 0 Å². The molecule has 136 valence electrons. The van der Waals surface area contributed by atoms with Crippen molar-refractivity contribution in [2.45, 2.75) is 32.9 Å². The Bertz CT molecular complexity index is 929. The second kappa shape index (κ2) is 6.57. The van der Waals surface area contributed by atoms with Gasteiger partial charge in [-0.25, -0.2) is 9.67 Å². The molecule has 0 spiro atoms. The van der Waals surface area contributed by atoms with Gasteiger partial charge in [-0.3, -0.25) is 4.79 Å². The Morgan fingerprint density at radius 1 is 1.42 bits per heavy atom. The summed E-state index contributed by atoms with van der Waals surface area (Å²) in [5, 5.41) is 8.57. The fraction of sp³-hybridized carbons (Fsp3) is 0.421. The summed E-state index contributed by atoms with van der Waals surface area (Å²) >= 11 is 0. The molecule has 0 saturated carbocycles. The monoisotopic (exact) mass is 353 g/mol. The van der Waals surface area contributed by atoms with Gasteiger partial charge in [0.1, 0.15) is 5.69 Å². The molecular formula is C19H23N5O2. The Hall–Kier alpha value is -2.67. The molecule has 7 heteroatoms. The second-order valence-electron chi connectivity index (χ2n) is 7.00. The smallest absolute Gasteiger partial charge is 0.255 e. The lowest BCUT2D eigenvalue weighted by Gasteiger charge is -2.34.